The fourth-order valence-corrected chi connectivity index (χ4v) is 2.33. The molecule has 0 spiro atoms. The van der Waals surface area contributed by atoms with Crippen LogP contribution in [0.2, 0.25) is 0 Å². The first kappa shape index (κ1) is 18.7. The maximum absolute atomic E-state index is 11.4. The number of carboxylic acid groups (broad SMARTS) is 1. The average molecular weight is 312 g/mol. The fourth-order valence-electron chi connectivity index (χ4n) is 1.28. The molecule has 0 heterocycles. The monoisotopic (exact) mass is 312 g/mol. The van der Waals surface area contributed by atoms with E-state index in [4.69, 9.17) is 16.6 Å². The predicted molar refractivity (Wildman–Crippen MR) is 82.1 cm³/mol. The Morgan fingerprint density at radius 3 is 1.86 bits per heavy atom. The van der Waals surface area contributed by atoms with Crippen molar-refractivity contribution < 1.29 is 18.3 Å². The molecule has 0 unspecified atom stereocenters. The van der Waals surface area contributed by atoms with E-state index in [1.807, 2.05) is 6.92 Å². The molecule has 6 nitrogen and oxygen atoms in total. The molecule has 21 heavy (non-hydrogen) atoms. The summed E-state index contributed by atoms with van der Waals surface area (Å²) in [7, 11) is -3.68. The molecule has 0 fully saturated rings. The molecule has 0 radical (unpaired) electrons. The van der Waals surface area contributed by atoms with E-state index in [1.54, 1.807) is 12.1 Å². The SMILES string of the molecule is C=C(N)CC(=C)N.Cc1ccc(S(=O)(=O)CC(=O)O)cc1. The molecule has 0 aliphatic carbocycles. The number of aryl methyl sites for hydroxylation is 1. The first-order valence-corrected chi connectivity index (χ1v) is 7.57. The highest BCUT2D eigenvalue weighted by Gasteiger charge is 2.17. The number of carboxylic acids is 1. The lowest BCUT2D eigenvalue weighted by molar-refractivity contribution is -0.134. The van der Waals surface area contributed by atoms with Crippen molar-refractivity contribution in [1.82, 2.24) is 0 Å². The van der Waals surface area contributed by atoms with Crippen molar-refractivity contribution in [3.63, 3.8) is 0 Å². The number of hydrogen-bond acceptors (Lipinski definition) is 5. The van der Waals surface area contributed by atoms with Crippen LogP contribution in [0.3, 0.4) is 0 Å². The molecule has 1 aromatic rings. The minimum absolute atomic E-state index is 0.0468. The number of carbonyl (C=O) groups is 1. The topological polar surface area (TPSA) is 123 Å². The minimum atomic E-state index is -3.68. The molecule has 7 heteroatoms. The molecule has 0 saturated heterocycles. The molecule has 116 valence electrons. The van der Waals surface area contributed by atoms with E-state index in [1.165, 1.54) is 12.1 Å². The predicted octanol–water partition coefficient (Wildman–Crippen LogP) is 1.17. The Morgan fingerprint density at radius 2 is 1.57 bits per heavy atom. The Bertz CT molecular complexity index is 607. The Morgan fingerprint density at radius 1 is 1.14 bits per heavy atom. The van der Waals surface area contributed by atoms with Crippen LogP contribution < -0.4 is 11.5 Å². The summed E-state index contributed by atoms with van der Waals surface area (Å²) in [6, 6.07) is 6.09. The van der Waals surface area contributed by atoms with Gasteiger partial charge in [-0.15, -0.1) is 0 Å². The van der Waals surface area contributed by atoms with Crippen molar-refractivity contribution >= 4 is 15.8 Å². The van der Waals surface area contributed by atoms with Gasteiger partial charge in [0.1, 0.15) is 0 Å². The molecule has 1 aromatic carbocycles. The van der Waals surface area contributed by atoms with Crippen LogP contribution in [0, 0.1) is 6.92 Å². The normalized spacial score (nSPS) is 10.1. The molecule has 5 N–H and O–H groups in total. The second-order valence-electron chi connectivity index (χ2n) is 4.46. The van der Waals surface area contributed by atoms with Gasteiger partial charge in [0, 0.05) is 17.8 Å². The summed E-state index contributed by atoms with van der Waals surface area (Å²) in [5.41, 5.74) is 12.4. The van der Waals surface area contributed by atoms with Crippen LogP contribution in [0.5, 0.6) is 0 Å². The molecule has 0 aromatic heterocycles. The second kappa shape index (κ2) is 8.11. The first-order valence-electron chi connectivity index (χ1n) is 5.92. The fraction of sp³-hybridized carbons (Fsp3) is 0.214. The zero-order chi connectivity index (χ0) is 16.6. The maximum Gasteiger partial charge on any atom is 0.319 e. The lowest BCUT2D eigenvalue weighted by Crippen LogP contribution is -2.15. The third-order valence-electron chi connectivity index (χ3n) is 2.15. The molecular weight excluding hydrogens is 292 g/mol. The summed E-state index contributed by atoms with van der Waals surface area (Å²) < 4.78 is 22.7. The highest BCUT2D eigenvalue weighted by atomic mass is 32.2. The van der Waals surface area contributed by atoms with Gasteiger partial charge < -0.3 is 16.6 Å². The van der Waals surface area contributed by atoms with Crippen molar-refractivity contribution in [3.05, 3.63) is 54.4 Å². The van der Waals surface area contributed by atoms with Gasteiger partial charge in [-0.2, -0.15) is 0 Å². The number of hydrogen-bond donors (Lipinski definition) is 3. The lowest BCUT2D eigenvalue weighted by atomic mass is 10.2. The van der Waals surface area contributed by atoms with E-state index in [0.717, 1.165) is 5.56 Å². The van der Waals surface area contributed by atoms with Crippen LogP contribution >= 0.6 is 0 Å². The van der Waals surface area contributed by atoms with Crippen molar-refractivity contribution in [2.45, 2.75) is 18.2 Å². The van der Waals surface area contributed by atoms with Crippen LogP contribution in [0.25, 0.3) is 0 Å². The molecule has 0 saturated carbocycles. The Labute approximate surface area is 124 Å². The van der Waals surface area contributed by atoms with Gasteiger partial charge in [-0.1, -0.05) is 30.9 Å². The Balaban J connectivity index is 0.000000486. The number of benzene rings is 1. The van der Waals surface area contributed by atoms with Crippen molar-refractivity contribution in [1.29, 1.82) is 0 Å². The van der Waals surface area contributed by atoms with Gasteiger partial charge >= 0.3 is 5.97 Å². The van der Waals surface area contributed by atoms with Crippen molar-refractivity contribution in [2.24, 2.45) is 11.5 Å². The molecule has 0 bridgehead atoms. The quantitative estimate of drug-likeness (QED) is 0.750. The maximum atomic E-state index is 11.4. The standard InChI is InChI=1S/C9H10O4S.C5H10N2/c1-7-2-4-8(5-3-7)14(12,13)6-9(10)11;1-4(6)3-5(2)7/h2-5H,6H2,1H3,(H,10,11);1-3,6-7H2. The summed E-state index contributed by atoms with van der Waals surface area (Å²) in [5.74, 6) is -2.21. The molecule has 1 rings (SSSR count). The van der Waals surface area contributed by atoms with Crippen LogP contribution in [0.1, 0.15) is 12.0 Å². The highest BCUT2D eigenvalue weighted by Crippen LogP contribution is 2.11. The van der Waals surface area contributed by atoms with Gasteiger partial charge in [-0.25, -0.2) is 8.42 Å². The van der Waals surface area contributed by atoms with E-state index < -0.39 is 21.6 Å². The summed E-state index contributed by atoms with van der Waals surface area (Å²) in [5, 5.41) is 8.39. The van der Waals surface area contributed by atoms with Crippen LogP contribution in [0.4, 0.5) is 0 Å². The smallest absolute Gasteiger partial charge is 0.319 e. The van der Waals surface area contributed by atoms with Crippen LogP contribution in [-0.2, 0) is 14.6 Å². The summed E-state index contributed by atoms with van der Waals surface area (Å²) in [6.07, 6.45) is 0.528. The average Bonchev–Trinajstić information content (AvgIpc) is 2.26. The van der Waals surface area contributed by atoms with Gasteiger partial charge in [-0.05, 0) is 19.1 Å². The zero-order valence-corrected chi connectivity index (χ0v) is 12.7. The summed E-state index contributed by atoms with van der Waals surface area (Å²) in [4.78, 5) is 10.3. The summed E-state index contributed by atoms with van der Waals surface area (Å²) in [6.45, 7) is 8.69. The largest absolute Gasteiger partial charge is 0.480 e. The number of sulfone groups is 1. The van der Waals surface area contributed by atoms with Gasteiger partial charge in [-0.3, -0.25) is 4.79 Å². The number of aliphatic carboxylic acids is 1. The molecule has 0 aliphatic heterocycles. The Hall–Kier alpha value is -2.28. The van der Waals surface area contributed by atoms with Crippen LogP contribution in [-0.4, -0.2) is 25.2 Å². The third-order valence-corrected chi connectivity index (χ3v) is 3.77. The molecule has 0 amide bonds. The zero-order valence-electron chi connectivity index (χ0n) is 11.9. The van der Waals surface area contributed by atoms with E-state index in [-0.39, 0.29) is 4.90 Å². The van der Waals surface area contributed by atoms with Crippen molar-refractivity contribution in [3.8, 4) is 0 Å². The van der Waals surface area contributed by atoms with Crippen LogP contribution in [0.15, 0.2) is 53.7 Å². The lowest BCUT2D eigenvalue weighted by Gasteiger charge is -2.01. The van der Waals surface area contributed by atoms with E-state index >= 15 is 0 Å². The van der Waals surface area contributed by atoms with Gasteiger partial charge in [0.05, 0.1) is 4.90 Å². The third kappa shape index (κ3) is 8.48. The van der Waals surface area contributed by atoms with E-state index in [9.17, 15) is 13.2 Å². The van der Waals surface area contributed by atoms with Gasteiger partial charge in [0.15, 0.2) is 15.6 Å². The van der Waals surface area contributed by atoms with E-state index in [0.29, 0.717) is 17.8 Å². The number of nitrogens with two attached hydrogens (primary N) is 2. The second-order valence-corrected chi connectivity index (χ2v) is 6.45. The molecule has 0 aliphatic rings. The molecular formula is C14H20N2O4S. The first-order chi connectivity index (χ1) is 9.54. The Kier molecular flexibility index (Phi) is 7.23. The number of rotatable bonds is 5. The molecule has 0 atom stereocenters. The van der Waals surface area contributed by atoms with E-state index in [2.05, 4.69) is 13.2 Å². The highest BCUT2D eigenvalue weighted by molar-refractivity contribution is 7.92. The minimum Gasteiger partial charge on any atom is -0.480 e. The van der Waals surface area contributed by atoms with Gasteiger partial charge in [0.2, 0.25) is 0 Å². The van der Waals surface area contributed by atoms with Gasteiger partial charge in [0.25, 0.3) is 0 Å². The van der Waals surface area contributed by atoms with Crippen molar-refractivity contribution in [2.75, 3.05) is 5.75 Å². The summed E-state index contributed by atoms with van der Waals surface area (Å²) >= 11 is 0.